The van der Waals surface area contributed by atoms with Crippen molar-refractivity contribution < 1.29 is 9.21 Å². The van der Waals surface area contributed by atoms with Crippen LogP contribution in [0.1, 0.15) is 10.6 Å². The molecule has 21 heavy (non-hydrogen) atoms. The minimum atomic E-state index is -0.0650. The van der Waals surface area contributed by atoms with Crippen molar-refractivity contribution in [2.45, 2.75) is 0 Å². The first-order valence-corrected chi connectivity index (χ1v) is 6.98. The van der Waals surface area contributed by atoms with Crippen LogP contribution in [0.15, 0.2) is 40.8 Å². The number of halogens is 2. The Morgan fingerprint density at radius 2 is 1.86 bits per heavy atom. The molecule has 0 bridgehead atoms. The molecule has 2 aromatic rings. The number of benzene rings is 1. The normalized spacial score (nSPS) is 14.6. The van der Waals surface area contributed by atoms with Crippen molar-refractivity contribution in [3.05, 3.63) is 47.2 Å². The minimum absolute atomic E-state index is 0. The Morgan fingerprint density at radius 3 is 2.57 bits per heavy atom. The van der Waals surface area contributed by atoms with Crippen molar-refractivity contribution in [2.24, 2.45) is 0 Å². The number of rotatable bonds is 2. The molecule has 0 saturated carbocycles. The molecular weight excluding hydrogens is 311 g/mol. The second-order valence-electron chi connectivity index (χ2n) is 4.69. The lowest BCUT2D eigenvalue weighted by atomic mass is 10.2. The maximum atomic E-state index is 12.3. The third kappa shape index (κ3) is 3.40. The summed E-state index contributed by atoms with van der Waals surface area (Å²) in [4.78, 5) is 14.1. The molecule has 0 spiro atoms. The Balaban J connectivity index is 0.00000161. The molecule has 6 heteroatoms. The van der Waals surface area contributed by atoms with Crippen molar-refractivity contribution >= 4 is 29.9 Å². The molecule has 2 heterocycles. The van der Waals surface area contributed by atoms with Crippen molar-refractivity contribution in [1.29, 1.82) is 0 Å². The van der Waals surface area contributed by atoms with Crippen molar-refractivity contribution in [2.75, 3.05) is 26.2 Å². The number of nitrogens with one attached hydrogen (secondary N) is 1. The largest absolute Gasteiger partial charge is 0.451 e. The smallest absolute Gasteiger partial charge is 0.289 e. The van der Waals surface area contributed by atoms with Crippen LogP contribution in [0.5, 0.6) is 0 Å². The number of amides is 1. The van der Waals surface area contributed by atoms with Gasteiger partial charge < -0.3 is 14.6 Å². The average molecular weight is 327 g/mol. The second kappa shape index (κ2) is 6.98. The summed E-state index contributed by atoms with van der Waals surface area (Å²) in [7, 11) is 0. The summed E-state index contributed by atoms with van der Waals surface area (Å²) in [5, 5.41) is 3.83. The van der Waals surface area contributed by atoms with E-state index < -0.39 is 0 Å². The summed E-state index contributed by atoms with van der Waals surface area (Å²) >= 11 is 6.13. The highest BCUT2D eigenvalue weighted by atomic mass is 35.5. The quantitative estimate of drug-likeness (QED) is 0.922. The van der Waals surface area contributed by atoms with Gasteiger partial charge in [-0.15, -0.1) is 12.4 Å². The molecule has 1 aliphatic rings. The number of carbonyl (C=O) groups is 1. The average Bonchev–Trinajstić information content (AvgIpc) is 2.97. The van der Waals surface area contributed by atoms with Crippen molar-refractivity contribution in [3.8, 4) is 11.3 Å². The first-order chi connectivity index (χ1) is 9.75. The SMILES string of the molecule is Cl.O=C(c1ccc(-c2ccccc2Cl)o1)N1CCNCC1. The monoisotopic (exact) mass is 326 g/mol. The van der Waals surface area contributed by atoms with Gasteiger partial charge in [0.15, 0.2) is 5.76 Å². The van der Waals surface area contributed by atoms with Gasteiger partial charge in [0.05, 0.1) is 5.02 Å². The highest BCUT2D eigenvalue weighted by molar-refractivity contribution is 6.33. The maximum absolute atomic E-state index is 12.3. The van der Waals surface area contributed by atoms with E-state index in [9.17, 15) is 4.79 Å². The Bertz CT molecular complexity index is 622. The van der Waals surface area contributed by atoms with Gasteiger partial charge in [-0.05, 0) is 24.3 Å². The summed E-state index contributed by atoms with van der Waals surface area (Å²) in [6, 6.07) is 10.9. The van der Waals surface area contributed by atoms with Crippen LogP contribution < -0.4 is 5.32 Å². The van der Waals surface area contributed by atoms with Crippen LogP contribution in [-0.4, -0.2) is 37.0 Å². The van der Waals surface area contributed by atoms with Gasteiger partial charge in [0.1, 0.15) is 5.76 Å². The number of nitrogens with zero attached hydrogens (tertiary/aromatic N) is 1. The van der Waals surface area contributed by atoms with Gasteiger partial charge in [0.25, 0.3) is 5.91 Å². The standard InChI is InChI=1S/C15H15ClN2O2.ClH/c16-12-4-2-1-3-11(12)13-5-6-14(20-13)15(19)18-9-7-17-8-10-18;/h1-6,17H,7-10H2;1H. The number of carbonyl (C=O) groups excluding carboxylic acids is 1. The predicted octanol–water partition coefficient (Wildman–Crippen LogP) is 3.07. The summed E-state index contributed by atoms with van der Waals surface area (Å²) < 4.78 is 5.67. The van der Waals surface area contributed by atoms with Crippen LogP contribution in [0.25, 0.3) is 11.3 Å². The number of piperazine rings is 1. The molecule has 1 aliphatic heterocycles. The van der Waals surface area contributed by atoms with Gasteiger partial charge in [-0.1, -0.05) is 23.7 Å². The van der Waals surface area contributed by atoms with Gasteiger partial charge >= 0.3 is 0 Å². The third-order valence-corrected chi connectivity index (χ3v) is 3.69. The van der Waals surface area contributed by atoms with E-state index in [-0.39, 0.29) is 18.3 Å². The van der Waals surface area contributed by atoms with E-state index in [2.05, 4.69) is 5.32 Å². The molecule has 0 aliphatic carbocycles. The minimum Gasteiger partial charge on any atom is -0.451 e. The van der Waals surface area contributed by atoms with Crippen LogP contribution in [0, 0.1) is 0 Å². The molecule has 1 amide bonds. The zero-order valence-electron chi connectivity index (χ0n) is 11.3. The van der Waals surface area contributed by atoms with Crippen LogP contribution in [-0.2, 0) is 0 Å². The zero-order chi connectivity index (χ0) is 13.9. The molecule has 1 aromatic heterocycles. The number of hydrogen-bond donors (Lipinski definition) is 1. The molecular formula is C15H16Cl2N2O2. The second-order valence-corrected chi connectivity index (χ2v) is 5.09. The Labute approximate surface area is 134 Å². The van der Waals surface area contributed by atoms with Crippen LogP contribution in [0.3, 0.4) is 0 Å². The summed E-state index contributed by atoms with van der Waals surface area (Å²) in [5.41, 5.74) is 0.800. The Kier molecular flexibility index (Phi) is 5.28. The first-order valence-electron chi connectivity index (χ1n) is 6.60. The fourth-order valence-corrected chi connectivity index (χ4v) is 2.51. The van der Waals surface area contributed by atoms with E-state index in [1.807, 2.05) is 18.2 Å². The van der Waals surface area contributed by atoms with Gasteiger partial charge in [-0.2, -0.15) is 0 Å². The summed E-state index contributed by atoms with van der Waals surface area (Å²) in [5.74, 6) is 0.917. The zero-order valence-corrected chi connectivity index (χ0v) is 12.9. The third-order valence-electron chi connectivity index (χ3n) is 3.36. The maximum Gasteiger partial charge on any atom is 0.289 e. The summed E-state index contributed by atoms with van der Waals surface area (Å²) in [6.07, 6.45) is 0. The van der Waals surface area contributed by atoms with E-state index >= 15 is 0 Å². The molecule has 1 aromatic carbocycles. The first kappa shape index (κ1) is 15.9. The van der Waals surface area contributed by atoms with Crippen LogP contribution in [0.4, 0.5) is 0 Å². The number of furan rings is 1. The molecule has 3 rings (SSSR count). The van der Waals surface area contributed by atoms with E-state index in [1.165, 1.54) is 0 Å². The van der Waals surface area contributed by atoms with Gasteiger partial charge in [0.2, 0.25) is 0 Å². The fourth-order valence-electron chi connectivity index (χ4n) is 2.28. The highest BCUT2D eigenvalue weighted by Crippen LogP contribution is 2.29. The predicted molar refractivity (Wildman–Crippen MR) is 85.2 cm³/mol. The summed E-state index contributed by atoms with van der Waals surface area (Å²) in [6.45, 7) is 3.07. The lowest BCUT2D eigenvalue weighted by molar-refractivity contribution is 0.0704. The topological polar surface area (TPSA) is 45.5 Å². The molecule has 4 nitrogen and oxygen atoms in total. The van der Waals surface area contributed by atoms with Crippen molar-refractivity contribution in [1.82, 2.24) is 10.2 Å². The molecule has 1 saturated heterocycles. The van der Waals surface area contributed by atoms with E-state index in [0.717, 1.165) is 18.7 Å². The number of hydrogen-bond acceptors (Lipinski definition) is 3. The molecule has 0 radical (unpaired) electrons. The lowest BCUT2D eigenvalue weighted by Gasteiger charge is -2.26. The van der Waals surface area contributed by atoms with Crippen molar-refractivity contribution in [3.63, 3.8) is 0 Å². The molecule has 0 unspecified atom stereocenters. The molecule has 0 atom stereocenters. The molecule has 112 valence electrons. The lowest BCUT2D eigenvalue weighted by Crippen LogP contribution is -2.46. The Hall–Kier alpha value is -1.49. The van der Waals surface area contributed by atoms with E-state index in [4.69, 9.17) is 16.0 Å². The van der Waals surface area contributed by atoms with E-state index in [0.29, 0.717) is 29.6 Å². The van der Waals surface area contributed by atoms with Gasteiger partial charge in [-0.25, -0.2) is 0 Å². The van der Waals surface area contributed by atoms with Gasteiger partial charge in [0, 0.05) is 31.7 Å². The van der Waals surface area contributed by atoms with Gasteiger partial charge in [-0.3, -0.25) is 4.79 Å². The van der Waals surface area contributed by atoms with E-state index in [1.54, 1.807) is 23.1 Å². The fraction of sp³-hybridized carbons (Fsp3) is 0.267. The Morgan fingerprint density at radius 1 is 1.14 bits per heavy atom. The molecule has 1 fully saturated rings. The molecule has 1 N–H and O–H groups in total. The van der Waals surface area contributed by atoms with Crippen LogP contribution >= 0.6 is 24.0 Å². The highest BCUT2D eigenvalue weighted by Gasteiger charge is 2.21. The van der Waals surface area contributed by atoms with Crippen LogP contribution in [0.2, 0.25) is 5.02 Å².